The molecule has 3 aliphatic rings. The second kappa shape index (κ2) is 8.45. The third-order valence-electron chi connectivity index (χ3n) is 7.48. The van der Waals surface area contributed by atoms with Gasteiger partial charge >= 0.3 is 6.09 Å². The molecular formula is C26H30FN3O3. The van der Waals surface area contributed by atoms with Crippen LogP contribution in [-0.4, -0.2) is 67.2 Å². The van der Waals surface area contributed by atoms with Crippen molar-refractivity contribution in [1.29, 1.82) is 0 Å². The van der Waals surface area contributed by atoms with Crippen LogP contribution in [0, 0.1) is 11.2 Å². The maximum atomic E-state index is 14.0. The first-order valence-electron chi connectivity index (χ1n) is 11.7. The van der Waals surface area contributed by atoms with Crippen molar-refractivity contribution in [2.75, 3.05) is 44.7 Å². The smallest absolute Gasteiger partial charge is 0.415 e. The number of halogens is 1. The van der Waals surface area contributed by atoms with E-state index in [9.17, 15) is 14.0 Å². The predicted octanol–water partition coefficient (Wildman–Crippen LogP) is 3.71. The summed E-state index contributed by atoms with van der Waals surface area (Å²) in [6.45, 7) is 3.05. The summed E-state index contributed by atoms with van der Waals surface area (Å²) in [4.78, 5) is 32.2. The quantitative estimate of drug-likeness (QED) is 0.711. The van der Waals surface area contributed by atoms with Crippen molar-refractivity contribution in [2.45, 2.75) is 31.3 Å². The summed E-state index contributed by atoms with van der Waals surface area (Å²) in [6, 6.07) is 16.2. The fourth-order valence-corrected chi connectivity index (χ4v) is 5.53. The van der Waals surface area contributed by atoms with E-state index in [-0.39, 0.29) is 5.91 Å². The Hall–Kier alpha value is -2.93. The summed E-state index contributed by atoms with van der Waals surface area (Å²) in [5.74, 6) is -0.230. The Morgan fingerprint density at radius 2 is 1.76 bits per heavy atom. The van der Waals surface area contributed by atoms with Crippen LogP contribution in [0.4, 0.5) is 14.9 Å². The molecule has 1 atom stereocenters. The number of rotatable bonds is 4. The van der Waals surface area contributed by atoms with Gasteiger partial charge in [0.05, 0.1) is 24.2 Å². The molecule has 2 aromatic carbocycles. The molecule has 0 bridgehead atoms. The lowest BCUT2D eigenvalue weighted by Crippen LogP contribution is -2.51. The van der Waals surface area contributed by atoms with E-state index in [1.54, 1.807) is 12.1 Å². The lowest BCUT2D eigenvalue weighted by molar-refractivity contribution is -0.144. The summed E-state index contributed by atoms with van der Waals surface area (Å²) in [5.41, 5.74) is 0.481. The number of hydrogen-bond acceptors (Lipinski definition) is 4. The fourth-order valence-electron chi connectivity index (χ4n) is 5.53. The van der Waals surface area contributed by atoms with Crippen LogP contribution in [0.1, 0.15) is 24.8 Å². The molecule has 3 aliphatic heterocycles. The molecule has 3 fully saturated rings. The summed E-state index contributed by atoms with van der Waals surface area (Å²) >= 11 is 0. The van der Waals surface area contributed by atoms with Crippen LogP contribution in [0.25, 0.3) is 0 Å². The lowest BCUT2D eigenvalue weighted by atomic mass is 9.72. The van der Waals surface area contributed by atoms with E-state index in [0.29, 0.717) is 31.7 Å². The second-order valence-corrected chi connectivity index (χ2v) is 9.84. The molecule has 2 aromatic rings. The first kappa shape index (κ1) is 21.9. The Balaban J connectivity index is 1.34. The summed E-state index contributed by atoms with van der Waals surface area (Å²) in [5, 5.41) is 0. The maximum absolute atomic E-state index is 14.0. The van der Waals surface area contributed by atoms with Crippen LogP contribution in [0.3, 0.4) is 0 Å². The minimum Gasteiger partial charge on any atom is -0.439 e. The van der Waals surface area contributed by atoms with E-state index in [1.165, 1.54) is 22.6 Å². The molecular weight excluding hydrogens is 421 g/mol. The molecule has 0 aliphatic carbocycles. The largest absolute Gasteiger partial charge is 0.439 e. The van der Waals surface area contributed by atoms with Gasteiger partial charge in [0.15, 0.2) is 5.60 Å². The van der Waals surface area contributed by atoms with E-state index in [4.69, 9.17) is 4.74 Å². The van der Waals surface area contributed by atoms with Gasteiger partial charge in [-0.15, -0.1) is 0 Å². The molecule has 0 saturated carbocycles. The number of nitrogens with zero attached hydrogens (tertiary/aromatic N) is 3. The van der Waals surface area contributed by atoms with Crippen molar-refractivity contribution in [1.82, 2.24) is 9.80 Å². The summed E-state index contributed by atoms with van der Waals surface area (Å²) in [7, 11) is 2.10. The van der Waals surface area contributed by atoms with Gasteiger partial charge in [0, 0.05) is 13.0 Å². The number of hydrogen-bond donors (Lipinski definition) is 0. The Kier molecular flexibility index (Phi) is 5.60. The molecule has 5 rings (SSSR count). The SMILES string of the molecule is CN1CCC(Cc2ccccc2)(C(=O)N2CCC3(C2)CN(c2cccc(F)c2)C(=O)O3)CC1. The molecule has 1 unspecified atom stereocenters. The second-order valence-electron chi connectivity index (χ2n) is 9.84. The fraction of sp³-hybridized carbons (Fsp3) is 0.462. The zero-order chi connectivity index (χ0) is 23.1. The summed E-state index contributed by atoms with van der Waals surface area (Å²) < 4.78 is 19.5. The topological polar surface area (TPSA) is 53.1 Å². The molecule has 0 radical (unpaired) electrons. The zero-order valence-corrected chi connectivity index (χ0v) is 19.0. The third kappa shape index (κ3) is 4.22. The molecule has 0 N–H and O–H groups in total. The molecule has 7 heteroatoms. The Morgan fingerprint density at radius 1 is 1.00 bits per heavy atom. The van der Waals surface area contributed by atoms with Crippen molar-refractivity contribution in [3.8, 4) is 0 Å². The monoisotopic (exact) mass is 451 g/mol. The highest BCUT2D eigenvalue weighted by Gasteiger charge is 2.53. The highest BCUT2D eigenvalue weighted by Crippen LogP contribution is 2.41. The van der Waals surface area contributed by atoms with Gasteiger partial charge < -0.3 is 14.5 Å². The van der Waals surface area contributed by atoms with Crippen LogP contribution in [0.5, 0.6) is 0 Å². The number of anilines is 1. The highest BCUT2D eigenvalue weighted by atomic mass is 19.1. The van der Waals surface area contributed by atoms with Gasteiger partial charge in [0.1, 0.15) is 5.82 Å². The third-order valence-corrected chi connectivity index (χ3v) is 7.48. The highest BCUT2D eigenvalue weighted by molar-refractivity contribution is 5.91. The number of carbonyl (C=O) groups excluding carboxylic acids is 2. The van der Waals surface area contributed by atoms with Gasteiger partial charge in [-0.05, 0) is 63.2 Å². The average molecular weight is 452 g/mol. The van der Waals surface area contributed by atoms with E-state index >= 15 is 0 Å². The minimum absolute atomic E-state index is 0.164. The van der Waals surface area contributed by atoms with Gasteiger partial charge in [-0.25, -0.2) is 9.18 Å². The Morgan fingerprint density at radius 3 is 2.48 bits per heavy atom. The molecule has 0 aromatic heterocycles. The minimum atomic E-state index is -0.738. The lowest BCUT2D eigenvalue weighted by Gasteiger charge is -2.42. The van der Waals surface area contributed by atoms with Crippen molar-refractivity contribution >= 4 is 17.7 Å². The molecule has 174 valence electrons. The van der Waals surface area contributed by atoms with Gasteiger partial charge in [-0.2, -0.15) is 0 Å². The number of carbonyl (C=O) groups is 2. The van der Waals surface area contributed by atoms with Gasteiger partial charge in [0.25, 0.3) is 0 Å². The average Bonchev–Trinajstić information content (AvgIpc) is 3.38. The van der Waals surface area contributed by atoms with Crippen LogP contribution < -0.4 is 4.90 Å². The predicted molar refractivity (Wildman–Crippen MR) is 123 cm³/mol. The zero-order valence-electron chi connectivity index (χ0n) is 19.0. The van der Waals surface area contributed by atoms with Crippen LogP contribution in [0.15, 0.2) is 54.6 Å². The molecule has 3 saturated heterocycles. The summed E-state index contributed by atoms with van der Waals surface area (Å²) in [6.07, 6.45) is 2.47. The van der Waals surface area contributed by atoms with E-state index in [0.717, 1.165) is 32.4 Å². The van der Waals surface area contributed by atoms with Gasteiger partial charge in [0.2, 0.25) is 5.91 Å². The van der Waals surface area contributed by atoms with Crippen molar-refractivity contribution in [3.05, 3.63) is 66.0 Å². The molecule has 2 amide bonds. The number of piperidine rings is 1. The Bertz CT molecular complexity index is 1040. The molecule has 33 heavy (non-hydrogen) atoms. The first-order chi connectivity index (χ1) is 15.9. The first-order valence-corrected chi connectivity index (χ1v) is 11.7. The number of likely N-dealkylation sites (tertiary alicyclic amines) is 2. The van der Waals surface area contributed by atoms with Crippen LogP contribution in [-0.2, 0) is 16.0 Å². The maximum Gasteiger partial charge on any atom is 0.415 e. The van der Waals surface area contributed by atoms with Gasteiger partial charge in [-0.1, -0.05) is 36.4 Å². The number of benzene rings is 2. The van der Waals surface area contributed by atoms with Crippen molar-refractivity contribution in [2.24, 2.45) is 5.41 Å². The van der Waals surface area contributed by atoms with E-state index < -0.39 is 22.9 Å². The van der Waals surface area contributed by atoms with Crippen LogP contribution in [0.2, 0.25) is 0 Å². The van der Waals surface area contributed by atoms with Crippen molar-refractivity contribution in [3.63, 3.8) is 0 Å². The van der Waals surface area contributed by atoms with Gasteiger partial charge in [-0.3, -0.25) is 9.69 Å². The van der Waals surface area contributed by atoms with Crippen molar-refractivity contribution < 1.29 is 18.7 Å². The van der Waals surface area contributed by atoms with E-state index in [2.05, 4.69) is 24.1 Å². The molecule has 1 spiro atoms. The normalized spacial score (nSPS) is 25.0. The molecule has 3 heterocycles. The number of amides is 2. The Labute approximate surface area is 193 Å². The number of ether oxygens (including phenoxy) is 1. The standard InChI is InChI=1S/C26H30FN3O3/c1-28-13-10-25(11-14-28,17-20-6-3-2-4-7-20)23(31)29-15-12-26(18-29)19-30(24(32)33-26)22-9-5-8-21(27)16-22/h2-9,16H,10-15,17-19H2,1H3. The molecule has 6 nitrogen and oxygen atoms in total. The van der Waals surface area contributed by atoms with E-state index in [1.807, 2.05) is 23.1 Å². The van der Waals surface area contributed by atoms with Crippen LogP contribution >= 0.6 is 0 Å².